The Balaban J connectivity index is 0.00000576. The van der Waals surface area contributed by atoms with Crippen molar-refractivity contribution >= 4 is 35.8 Å². The zero-order chi connectivity index (χ0) is 17.8. The van der Waals surface area contributed by atoms with E-state index in [4.69, 9.17) is 4.74 Å². The predicted octanol–water partition coefficient (Wildman–Crippen LogP) is 2.25. The number of ether oxygens (including phenoxy) is 1. The molecular weight excluding hydrogens is 431 g/mol. The molecule has 0 saturated carbocycles. The number of hydrogen-bond donors (Lipinski definition) is 3. The highest BCUT2D eigenvalue weighted by atomic mass is 127. The topological polar surface area (TPSA) is 74.8 Å². The number of carbonyl (C=O) groups excluding carboxylic acids is 1. The lowest BCUT2D eigenvalue weighted by molar-refractivity contribution is -0.119. The summed E-state index contributed by atoms with van der Waals surface area (Å²) in [5.41, 5.74) is 2.36. The highest BCUT2D eigenvalue weighted by Gasteiger charge is 2.05. The maximum absolute atomic E-state index is 11.6. The Hall–Kier alpha value is -1.51. The summed E-state index contributed by atoms with van der Waals surface area (Å²) >= 11 is 0. The molecule has 0 aromatic heterocycles. The summed E-state index contributed by atoms with van der Waals surface area (Å²) in [5, 5.41) is 9.22. The molecule has 1 rings (SSSR count). The van der Waals surface area contributed by atoms with Crippen molar-refractivity contribution in [2.24, 2.45) is 4.99 Å². The van der Waals surface area contributed by atoms with Gasteiger partial charge >= 0.3 is 0 Å². The number of carbonyl (C=O) groups is 1. The molecule has 0 heterocycles. The molecule has 142 valence electrons. The minimum atomic E-state index is -0.0607. The van der Waals surface area contributed by atoms with Crippen molar-refractivity contribution in [1.29, 1.82) is 0 Å². The Labute approximate surface area is 168 Å². The summed E-state index contributed by atoms with van der Waals surface area (Å²) in [5.74, 6) is 1.48. The van der Waals surface area contributed by atoms with Crippen molar-refractivity contribution in [2.45, 2.75) is 33.6 Å². The molecule has 0 unspecified atom stereocenters. The van der Waals surface area contributed by atoms with Gasteiger partial charge in [0.1, 0.15) is 12.3 Å². The fraction of sp³-hybridized carbons (Fsp3) is 0.556. The van der Waals surface area contributed by atoms with Crippen LogP contribution in [0.15, 0.2) is 23.2 Å². The molecule has 0 bridgehead atoms. The molecule has 6 nitrogen and oxygen atoms in total. The second-order valence-electron chi connectivity index (χ2n) is 5.54. The number of amides is 1. The number of aliphatic imine (C=N–C) groups is 1. The average Bonchev–Trinajstić information content (AvgIpc) is 2.58. The molecule has 1 amide bonds. The largest absolute Gasteiger partial charge is 0.496 e. The number of nitrogens with one attached hydrogen (secondary N) is 3. The van der Waals surface area contributed by atoms with E-state index in [1.807, 2.05) is 26.0 Å². The van der Waals surface area contributed by atoms with Gasteiger partial charge in [-0.05, 0) is 38.3 Å². The fourth-order valence-corrected chi connectivity index (χ4v) is 2.23. The van der Waals surface area contributed by atoms with Gasteiger partial charge in [-0.3, -0.25) is 4.79 Å². The van der Waals surface area contributed by atoms with Gasteiger partial charge in [-0.15, -0.1) is 24.0 Å². The van der Waals surface area contributed by atoms with Gasteiger partial charge in [-0.2, -0.15) is 0 Å². The fourth-order valence-electron chi connectivity index (χ4n) is 2.23. The van der Waals surface area contributed by atoms with Crippen molar-refractivity contribution in [3.8, 4) is 5.75 Å². The molecular formula is C18H31IN4O2. The lowest BCUT2D eigenvalue weighted by Crippen LogP contribution is -2.39. The summed E-state index contributed by atoms with van der Waals surface area (Å²) < 4.78 is 5.40. The maximum Gasteiger partial charge on any atom is 0.241 e. The van der Waals surface area contributed by atoms with E-state index in [-0.39, 0.29) is 36.4 Å². The number of nitrogens with zero attached hydrogens (tertiary/aromatic N) is 1. The first-order valence-corrected chi connectivity index (χ1v) is 8.53. The van der Waals surface area contributed by atoms with Gasteiger partial charge in [-0.25, -0.2) is 4.99 Å². The molecule has 0 fully saturated rings. The van der Waals surface area contributed by atoms with E-state index in [2.05, 4.69) is 33.9 Å². The van der Waals surface area contributed by atoms with Gasteiger partial charge in [0.05, 0.1) is 7.11 Å². The van der Waals surface area contributed by atoms with Crippen LogP contribution in [0.5, 0.6) is 5.75 Å². The van der Waals surface area contributed by atoms with Crippen LogP contribution in [0.3, 0.4) is 0 Å². The zero-order valence-electron chi connectivity index (χ0n) is 15.6. The van der Waals surface area contributed by atoms with Crippen molar-refractivity contribution in [3.63, 3.8) is 0 Å². The minimum Gasteiger partial charge on any atom is -0.496 e. The smallest absolute Gasteiger partial charge is 0.241 e. The number of hydrogen-bond acceptors (Lipinski definition) is 3. The number of rotatable bonds is 9. The Morgan fingerprint density at radius 3 is 2.56 bits per heavy atom. The van der Waals surface area contributed by atoms with Crippen LogP contribution in [0.25, 0.3) is 0 Å². The molecule has 1 aromatic carbocycles. The molecule has 0 radical (unpaired) electrons. The first-order valence-electron chi connectivity index (χ1n) is 8.53. The van der Waals surface area contributed by atoms with Crippen LogP contribution in [0.4, 0.5) is 0 Å². The Morgan fingerprint density at radius 2 is 1.92 bits per heavy atom. The van der Waals surface area contributed by atoms with Crippen LogP contribution < -0.4 is 20.7 Å². The molecule has 1 aromatic rings. The second kappa shape index (κ2) is 13.7. The Morgan fingerprint density at radius 1 is 1.16 bits per heavy atom. The van der Waals surface area contributed by atoms with Gasteiger partial charge in [0.25, 0.3) is 0 Å². The standard InChI is InChI=1S/C18H30N4O2.HI/c1-5-10-20-17(23)13-22-18(19-6-2)21-11-9-15-12-14(3)7-8-16(15)24-4;/h7-8,12H,5-6,9-11,13H2,1-4H3,(H,20,23)(H2,19,21,22);1H. The zero-order valence-corrected chi connectivity index (χ0v) is 18.0. The highest BCUT2D eigenvalue weighted by molar-refractivity contribution is 14.0. The first-order chi connectivity index (χ1) is 11.6. The number of methoxy groups -OCH3 is 1. The van der Waals surface area contributed by atoms with Gasteiger partial charge in [0.15, 0.2) is 5.96 Å². The van der Waals surface area contributed by atoms with E-state index in [0.29, 0.717) is 19.0 Å². The molecule has 0 aliphatic carbocycles. The van der Waals surface area contributed by atoms with E-state index in [9.17, 15) is 4.79 Å². The third-order valence-electron chi connectivity index (χ3n) is 3.42. The molecule has 0 aliphatic rings. The molecule has 7 heteroatoms. The number of guanidine groups is 1. The van der Waals surface area contributed by atoms with Crippen LogP contribution in [-0.4, -0.2) is 45.2 Å². The molecule has 0 spiro atoms. The van der Waals surface area contributed by atoms with E-state index < -0.39 is 0 Å². The van der Waals surface area contributed by atoms with Crippen molar-refractivity contribution in [2.75, 3.05) is 33.3 Å². The van der Waals surface area contributed by atoms with Gasteiger partial charge < -0.3 is 20.7 Å². The summed E-state index contributed by atoms with van der Waals surface area (Å²) in [6.45, 7) is 8.36. The summed E-state index contributed by atoms with van der Waals surface area (Å²) in [6.07, 6.45) is 1.74. The number of aryl methyl sites for hydroxylation is 1. The van der Waals surface area contributed by atoms with E-state index in [1.54, 1.807) is 7.11 Å². The predicted molar refractivity (Wildman–Crippen MR) is 114 cm³/mol. The normalized spacial score (nSPS) is 10.6. The number of benzene rings is 1. The second-order valence-corrected chi connectivity index (χ2v) is 5.54. The third kappa shape index (κ3) is 9.52. The Kier molecular flexibility index (Phi) is 12.9. The molecule has 0 atom stereocenters. The van der Waals surface area contributed by atoms with Crippen LogP contribution in [0.1, 0.15) is 31.4 Å². The van der Waals surface area contributed by atoms with Crippen LogP contribution >= 0.6 is 24.0 Å². The van der Waals surface area contributed by atoms with Crippen molar-refractivity contribution in [1.82, 2.24) is 16.0 Å². The highest BCUT2D eigenvalue weighted by Crippen LogP contribution is 2.19. The summed E-state index contributed by atoms with van der Waals surface area (Å²) in [7, 11) is 1.68. The van der Waals surface area contributed by atoms with Crippen LogP contribution in [-0.2, 0) is 11.2 Å². The quantitative estimate of drug-likeness (QED) is 0.299. The van der Waals surface area contributed by atoms with Crippen LogP contribution in [0, 0.1) is 6.92 Å². The number of halogens is 1. The lowest BCUT2D eigenvalue weighted by atomic mass is 10.1. The van der Waals surface area contributed by atoms with E-state index >= 15 is 0 Å². The molecule has 25 heavy (non-hydrogen) atoms. The molecule has 0 aliphatic heterocycles. The monoisotopic (exact) mass is 462 g/mol. The summed E-state index contributed by atoms with van der Waals surface area (Å²) in [6, 6.07) is 6.15. The molecule has 0 saturated heterocycles. The van der Waals surface area contributed by atoms with E-state index in [0.717, 1.165) is 30.7 Å². The Bertz CT molecular complexity index is 550. The maximum atomic E-state index is 11.6. The summed E-state index contributed by atoms with van der Waals surface area (Å²) in [4.78, 5) is 15.9. The lowest BCUT2D eigenvalue weighted by Gasteiger charge is -2.13. The minimum absolute atomic E-state index is 0. The van der Waals surface area contributed by atoms with Crippen molar-refractivity contribution in [3.05, 3.63) is 29.3 Å². The van der Waals surface area contributed by atoms with Gasteiger partial charge in [0.2, 0.25) is 5.91 Å². The van der Waals surface area contributed by atoms with Crippen LogP contribution in [0.2, 0.25) is 0 Å². The SMILES string of the molecule is CCCNC(=O)CN=C(NCC)NCCc1cc(C)ccc1OC.I. The van der Waals surface area contributed by atoms with E-state index in [1.165, 1.54) is 5.56 Å². The molecule has 3 N–H and O–H groups in total. The third-order valence-corrected chi connectivity index (χ3v) is 3.42. The van der Waals surface area contributed by atoms with Gasteiger partial charge in [-0.1, -0.05) is 24.6 Å². The first kappa shape index (κ1) is 23.5. The average molecular weight is 462 g/mol. The van der Waals surface area contributed by atoms with Crippen molar-refractivity contribution < 1.29 is 9.53 Å². The van der Waals surface area contributed by atoms with Gasteiger partial charge in [0, 0.05) is 19.6 Å².